The molecule has 0 saturated heterocycles. The van der Waals surface area contributed by atoms with Crippen LogP contribution < -0.4 is 0 Å². The molecule has 0 spiro atoms. The summed E-state index contributed by atoms with van der Waals surface area (Å²) in [6.45, 7) is 1.62. The Bertz CT molecular complexity index is 467. The second kappa shape index (κ2) is 8.19. The lowest BCUT2D eigenvalue weighted by Crippen LogP contribution is -2.50. The van der Waals surface area contributed by atoms with Crippen LogP contribution in [0, 0.1) is 17.8 Å². The van der Waals surface area contributed by atoms with E-state index in [2.05, 4.69) is 0 Å². The fourth-order valence-electron chi connectivity index (χ4n) is 3.41. The van der Waals surface area contributed by atoms with Gasteiger partial charge in [0, 0.05) is 12.8 Å². The van der Waals surface area contributed by atoms with Gasteiger partial charge in [-0.1, -0.05) is 19.8 Å². The van der Waals surface area contributed by atoms with Gasteiger partial charge >= 0.3 is 11.9 Å². The van der Waals surface area contributed by atoms with E-state index in [0.29, 0.717) is 12.8 Å². The first-order valence-electron chi connectivity index (χ1n) is 7.91. The second-order valence-electron chi connectivity index (χ2n) is 6.25. The van der Waals surface area contributed by atoms with Crippen molar-refractivity contribution in [2.75, 3.05) is 0 Å². The first kappa shape index (κ1) is 19.3. The lowest BCUT2D eigenvalue weighted by atomic mass is 9.70. The summed E-state index contributed by atoms with van der Waals surface area (Å²) in [5, 5.41) is 29.5. The maximum atomic E-state index is 11.9. The Hall–Kier alpha value is -1.76. The van der Waals surface area contributed by atoms with Gasteiger partial charge in [-0.3, -0.25) is 14.4 Å². The van der Waals surface area contributed by atoms with Gasteiger partial charge in [-0.2, -0.15) is 0 Å². The molecule has 0 aromatic heterocycles. The summed E-state index contributed by atoms with van der Waals surface area (Å²) in [7, 11) is 0. The molecule has 1 fully saturated rings. The first-order chi connectivity index (χ1) is 10.8. The zero-order valence-electron chi connectivity index (χ0n) is 13.2. The molecule has 23 heavy (non-hydrogen) atoms. The van der Waals surface area contributed by atoms with E-state index in [1.165, 1.54) is 0 Å². The number of aldehydes is 1. The van der Waals surface area contributed by atoms with Gasteiger partial charge in [-0.05, 0) is 25.2 Å². The van der Waals surface area contributed by atoms with Gasteiger partial charge in [0.1, 0.15) is 18.0 Å². The van der Waals surface area contributed by atoms with Crippen LogP contribution in [0.15, 0.2) is 0 Å². The number of rotatable bonds is 10. The predicted octanol–water partition coefficient (Wildman–Crippen LogP) is 1.27. The Kier molecular flexibility index (Phi) is 6.87. The summed E-state index contributed by atoms with van der Waals surface area (Å²) >= 11 is 0. The molecule has 130 valence electrons. The monoisotopic (exact) mass is 328 g/mol. The van der Waals surface area contributed by atoms with E-state index in [0.717, 1.165) is 12.8 Å². The topological polar surface area (TPSA) is 129 Å². The number of carboxylic acids is 2. The molecule has 3 N–H and O–H groups in total. The summed E-state index contributed by atoms with van der Waals surface area (Å²) in [5.74, 6) is -6.43. The smallest absolute Gasteiger partial charge is 0.313 e. The summed E-state index contributed by atoms with van der Waals surface area (Å²) in [4.78, 5) is 45.5. The summed E-state index contributed by atoms with van der Waals surface area (Å²) < 4.78 is 0. The van der Waals surface area contributed by atoms with Crippen LogP contribution in [0.4, 0.5) is 0 Å². The summed E-state index contributed by atoms with van der Waals surface area (Å²) in [5.41, 5.74) is -1.81. The Labute approximate surface area is 134 Å². The average molecular weight is 328 g/mol. The quantitative estimate of drug-likeness (QED) is 0.407. The number of Topliss-reactive ketones (excluding diaryl/α,β-unsaturated/α-hetero) is 1. The molecule has 1 aliphatic rings. The highest BCUT2D eigenvalue weighted by Gasteiger charge is 2.50. The molecule has 1 saturated carbocycles. The summed E-state index contributed by atoms with van der Waals surface area (Å²) in [6, 6.07) is 0. The number of hydrogen-bond acceptors (Lipinski definition) is 5. The molecule has 7 nitrogen and oxygen atoms in total. The van der Waals surface area contributed by atoms with Crippen molar-refractivity contribution in [1.82, 2.24) is 0 Å². The van der Waals surface area contributed by atoms with Crippen molar-refractivity contribution in [3.8, 4) is 0 Å². The zero-order valence-corrected chi connectivity index (χ0v) is 13.2. The highest BCUT2D eigenvalue weighted by Crippen LogP contribution is 2.43. The van der Waals surface area contributed by atoms with Crippen molar-refractivity contribution < 1.29 is 34.5 Å². The molecular formula is C16H24O7. The fourth-order valence-corrected chi connectivity index (χ4v) is 3.41. The summed E-state index contributed by atoms with van der Waals surface area (Å²) in [6.07, 6.45) is 2.35. The Morgan fingerprint density at radius 2 is 1.74 bits per heavy atom. The number of hydrogen-bond donors (Lipinski definition) is 3. The van der Waals surface area contributed by atoms with E-state index in [4.69, 9.17) is 5.11 Å². The second-order valence-corrected chi connectivity index (χ2v) is 6.25. The lowest BCUT2D eigenvalue weighted by molar-refractivity contribution is -0.163. The van der Waals surface area contributed by atoms with E-state index in [1.807, 2.05) is 0 Å². The Balaban J connectivity index is 3.15. The molecule has 0 bridgehead atoms. The molecule has 0 aliphatic heterocycles. The van der Waals surface area contributed by atoms with Crippen molar-refractivity contribution in [1.29, 1.82) is 0 Å². The van der Waals surface area contributed by atoms with Gasteiger partial charge in [0.15, 0.2) is 0 Å². The first-order valence-corrected chi connectivity index (χ1v) is 7.91. The highest BCUT2D eigenvalue weighted by atomic mass is 16.4. The maximum absolute atomic E-state index is 11.9. The number of aliphatic carboxylic acids is 2. The third-order valence-corrected chi connectivity index (χ3v) is 4.81. The van der Waals surface area contributed by atoms with E-state index in [-0.39, 0.29) is 30.8 Å². The lowest BCUT2D eigenvalue weighted by Gasteiger charge is -2.39. The molecule has 3 unspecified atom stereocenters. The molecule has 0 aromatic carbocycles. The number of ketones is 1. The maximum Gasteiger partial charge on any atom is 0.313 e. The fraction of sp³-hybridized carbons (Fsp3) is 0.750. The van der Waals surface area contributed by atoms with Crippen LogP contribution in [-0.4, -0.2) is 44.9 Å². The molecule has 7 heteroatoms. The zero-order chi connectivity index (χ0) is 17.6. The van der Waals surface area contributed by atoms with Gasteiger partial charge in [0.2, 0.25) is 0 Å². The number of carboxylic acid groups (broad SMARTS) is 2. The minimum absolute atomic E-state index is 0.164. The standard InChI is InChI=1S/C16H24O7/c1-2-12(18)8-16(23,11-5-3-4-6-11)13(15(21)22)7-10(9-17)14(19)20/h9-11,13,23H,2-8H2,1H3,(H,19,20)(H,21,22). The van der Waals surface area contributed by atoms with Gasteiger partial charge < -0.3 is 20.1 Å². The van der Waals surface area contributed by atoms with Crippen molar-refractivity contribution in [2.45, 2.75) is 57.5 Å². The molecule has 1 aliphatic carbocycles. The molecule has 3 atom stereocenters. The minimum atomic E-state index is -1.81. The largest absolute Gasteiger partial charge is 0.481 e. The van der Waals surface area contributed by atoms with Gasteiger partial charge in [-0.25, -0.2) is 0 Å². The number of carbonyl (C=O) groups is 4. The molecule has 0 radical (unpaired) electrons. The SMILES string of the molecule is CCC(=O)CC(O)(C1CCCC1)C(CC(C=O)C(=O)O)C(=O)O. The number of carbonyl (C=O) groups excluding carboxylic acids is 2. The molecule has 0 amide bonds. The van der Waals surface area contributed by atoms with Gasteiger partial charge in [0.25, 0.3) is 0 Å². The molecule has 0 aromatic rings. The minimum Gasteiger partial charge on any atom is -0.481 e. The van der Waals surface area contributed by atoms with Gasteiger partial charge in [-0.15, -0.1) is 0 Å². The van der Waals surface area contributed by atoms with E-state index < -0.39 is 35.8 Å². The van der Waals surface area contributed by atoms with E-state index in [9.17, 15) is 29.4 Å². The third kappa shape index (κ3) is 4.60. The van der Waals surface area contributed by atoms with Crippen LogP contribution in [0.2, 0.25) is 0 Å². The van der Waals surface area contributed by atoms with Crippen LogP contribution in [-0.2, 0) is 19.2 Å². The van der Waals surface area contributed by atoms with Crippen LogP contribution in [0.3, 0.4) is 0 Å². The van der Waals surface area contributed by atoms with Crippen LogP contribution in [0.5, 0.6) is 0 Å². The third-order valence-electron chi connectivity index (χ3n) is 4.81. The van der Waals surface area contributed by atoms with Crippen molar-refractivity contribution in [3.05, 3.63) is 0 Å². The Morgan fingerprint density at radius 1 is 1.17 bits per heavy atom. The molecule has 1 rings (SSSR count). The van der Waals surface area contributed by atoms with Crippen LogP contribution in [0.25, 0.3) is 0 Å². The normalized spacial score (nSPS) is 20.4. The van der Waals surface area contributed by atoms with Gasteiger partial charge in [0.05, 0.1) is 11.5 Å². The average Bonchev–Trinajstić information content (AvgIpc) is 3.01. The van der Waals surface area contributed by atoms with Crippen molar-refractivity contribution in [3.63, 3.8) is 0 Å². The highest BCUT2D eigenvalue weighted by molar-refractivity contribution is 5.87. The predicted molar refractivity (Wildman–Crippen MR) is 79.8 cm³/mol. The van der Waals surface area contributed by atoms with E-state index >= 15 is 0 Å². The Morgan fingerprint density at radius 3 is 2.13 bits per heavy atom. The van der Waals surface area contributed by atoms with Crippen molar-refractivity contribution >= 4 is 24.0 Å². The van der Waals surface area contributed by atoms with Crippen molar-refractivity contribution in [2.24, 2.45) is 17.8 Å². The van der Waals surface area contributed by atoms with Crippen LogP contribution >= 0.6 is 0 Å². The van der Waals surface area contributed by atoms with Crippen LogP contribution in [0.1, 0.15) is 51.9 Å². The number of aliphatic hydroxyl groups is 1. The molecule has 0 heterocycles. The van der Waals surface area contributed by atoms with E-state index in [1.54, 1.807) is 6.92 Å². The molecular weight excluding hydrogens is 304 g/mol.